The van der Waals surface area contributed by atoms with E-state index in [1.807, 2.05) is 0 Å². The zero-order chi connectivity index (χ0) is 21.8. The first kappa shape index (κ1) is 22.3. The van der Waals surface area contributed by atoms with Crippen LogP contribution in [0.4, 0.5) is 0 Å². The van der Waals surface area contributed by atoms with E-state index in [2.05, 4.69) is 78.0 Å². The summed E-state index contributed by atoms with van der Waals surface area (Å²) in [6.07, 6.45) is 10.1. The quantitative estimate of drug-likeness (QED) is 0.462. The van der Waals surface area contributed by atoms with Gasteiger partial charge in [-0.15, -0.1) is 0 Å². The maximum Gasteiger partial charge on any atom is 0.185 e. The molecule has 0 aromatic heterocycles. The van der Waals surface area contributed by atoms with E-state index in [-0.39, 0.29) is 5.78 Å². The van der Waals surface area contributed by atoms with Gasteiger partial charge < -0.3 is 0 Å². The SMILES string of the molecule is CCc1c(C)ccc(/C=C2\CC/C(=C\c3ccc(C)c(CC)c3CC)C2=O)c1CC. The van der Waals surface area contributed by atoms with Gasteiger partial charge in [0.25, 0.3) is 0 Å². The number of Topliss-reactive ketones (excluding diaryl/α,β-unsaturated/α-hetero) is 1. The number of hydrogen-bond acceptors (Lipinski definition) is 1. The van der Waals surface area contributed by atoms with Gasteiger partial charge in [0, 0.05) is 11.1 Å². The number of rotatable bonds is 6. The van der Waals surface area contributed by atoms with E-state index in [9.17, 15) is 4.79 Å². The summed E-state index contributed by atoms with van der Waals surface area (Å²) in [5.74, 6) is 0.233. The highest BCUT2D eigenvalue weighted by Crippen LogP contribution is 2.32. The summed E-state index contributed by atoms with van der Waals surface area (Å²) in [4.78, 5) is 13.2. The molecule has 1 heteroatoms. The fraction of sp³-hybridized carbons (Fsp3) is 0.414. The van der Waals surface area contributed by atoms with E-state index in [1.54, 1.807) is 0 Å². The normalized spacial score (nSPS) is 16.8. The number of hydrogen-bond donors (Lipinski definition) is 0. The summed E-state index contributed by atoms with van der Waals surface area (Å²) < 4.78 is 0. The van der Waals surface area contributed by atoms with E-state index in [0.717, 1.165) is 49.7 Å². The van der Waals surface area contributed by atoms with Crippen LogP contribution in [0.2, 0.25) is 0 Å². The second-order valence-corrected chi connectivity index (χ2v) is 8.44. The average Bonchev–Trinajstić information content (AvgIpc) is 3.08. The molecule has 0 aliphatic heterocycles. The number of ketones is 1. The van der Waals surface area contributed by atoms with Crippen LogP contribution in [0, 0.1) is 13.8 Å². The Hall–Kier alpha value is -2.41. The lowest BCUT2D eigenvalue weighted by molar-refractivity contribution is -0.111. The molecule has 0 saturated heterocycles. The minimum absolute atomic E-state index is 0.233. The van der Waals surface area contributed by atoms with E-state index < -0.39 is 0 Å². The molecule has 1 nitrogen and oxygen atoms in total. The zero-order valence-electron chi connectivity index (χ0n) is 19.6. The van der Waals surface area contributed by atoms with Crippen molar-refractivity contribution in [1.82, 2.24) is 0 Å². The van der Waals surface area contributed by atoms with Crippen molar-refractivity contribution in [3.63, 3.8) is 0 Å². The van der Waals surface area contributed by atoms with Gasteiger partial charge in [0.05, 0.1) is 0 Å². The molecule has 1 aliphatic rings. The molecule has 0 heterocycles. The molecule has 0 amide bonds. The molecule has 0 radical (unpaired) electrons. The Kier molecular flexibility index (Phi) is 7.13. The maximum absolute atomic E-state index is 13.2. The molecule has 1 saturated carbocycles. The van der Waals surface area contributed by atoms with Crippen molar-refractivity contribution < 1.29 is 4.79 Å². The molecule has 0 bridgehead atoms. The molecule has 158 valence electrons. The Morgan fingerprint density at radius 2 is 1.00 bits per heavy atom. The van der Waals surface area contributed by atoms with Crippen LogP contribution in [0.15, 0.2) is 35.4 Å². The van der Waals surface area contributed by atoms with Crippen LogP contribution in [-0.4, -0.2) is 5.78 Å². The fourth-order valence-electron chi connectivity index (χ4n) is 5.10. The van der Waals surface area contributed by atoms with Gasteiger partial charge in [-0.25, -0.2) is 0 Å². The fourth-order valence-corrected chi connectivity index (χ4v) is 5.10. The smallest absolute Gasteiger partial charge is 0.185 e. The van der Waals surface area contributed by atoms with Crippen molar-refractivity contribution in [3.8, 4) is 0 Å². The first-order chi connectivity index (χ1) is 14.4. The van der Waals surface area contributed by atoms with E-state index in [1.165, 1.54) is 44.5 Å². The highest BCUT2D eigenvalue weighted by atomic mass is 16.1. The lowest BCUT2D eigenvalue weighted by Gasteiger charge is -2.14. The van der Waals surface area contributed by atoms with Gasteiger partial charge in [-0.05, 0) is 109 Å². The summed E-state index contributed by atoms with van der Waals surface area (Å²) >= 11 is 0. The minimum Gasteiger partial charge on any atom is -0.289 e. The molecule has 0 spiro atoms. The van der Waals surface area contributed by atoms with Gasteiger partial charge in [-0.1, -0.05) is 52.0 Å². The molecule has 3 rings (SSSR count). The lowest BCUT2D eigenvalue weighted by atomic mass is 9.91. The molecule has 2 aromatic rings. The van der Waals surface area contributed by atoms with Crippen molar-refractivity contribution in [2.45, 2.75) is 80.1 Å². The Bertz CT molecular complexity index is 936. The standard InChI is InChI=1S/C29H36O/c1-7-25-19(5)11-13-21(27(25)9-3)17-23-15-16-24(29(23)30)18-22-14-12-20(6)26(8-2)28(22)10-4/h11-14,17-18H,7-10,15-16H2,1-6H3/b23-17+,24-18+. The molecule has 0 atom stereocenters. The van der Waals surface area contributed by atoms with Crippen LogP contribution in [0.25, 0.3) is 12.2 Å². The van der Waals surface area contributed by atoms with Crippen LogP contribution in [0.3, 0.4) is 0 Å². The van der Waals surface area contributed by atoms with Crippen molar-refractivity contribution in [3.05, 3.63) is 79.9 Å². The van der Waals surface area contributed by atoms with Gasteiger partial charge in [-0.3, -0.25) is 4.79 Å². The third-order valence-corrected chi connectivity index (χ3v) is 6.72. The Morgan fingerprint density at radius 3 is 1.33 bits per heavy atom. The first-order valence-corrected chi connectivity index (χ1v) is 11.6. The molecule has 2 aromatic carbocycles. The molecule has 0 N–H and O–H groups in total. The second kappa shape index (κ2) is 9.60. The summed E-state index contributed by atoms with van der Waals surface area (Å²) in [6, 6.07) is 8.79. The number of carbonyl (C=O) groups excluding carboxylic acids is 1. The van der Waals surface area contributed by atoms with Gasteiger partial charge >= 0.3 is 0 Å². The number of benzene rings is 2. The molecule has 0 unspecified atom stereocenters. The van der Waals surface area contributed by atoms with Gasteiger partial charge in [0.15, 0.2) is 5.78 Å². The molecular weight excluding hydrogens is 364 g/mol. The van der Waals surface area contributed by atoms with Crippen molar-refractivity contribution in [2.24, 2.45) is 0 Å². The topological polar surface area (TPSA) is 17.1 Å². The predicted octanol–water partition coefficient (Wildman–Crippen LogP) is 7.38. The monoisotopic (exact) mass is 400 g/mol. The number of carbonyl (C=O) groups is 1. The summed E-state index contributed by atoms with van der Waals surface area (Å²) in [5, 5.41) is 0. The van der Waals surface area contributed by atoms with Crippen LogP contribution in [0.1, 0.15) is 85.0 Å². The van der Waals surface area contributed by atoms with Crippen molar-refractivity contribution >= 4 is 17.9 Å². The van der Waals surface area contributed by atoms with Crippen LogP contribution in [-0.2, 0) is 30.5 Å². The summed E-state index contributed by atoms with van der Waals surface area (Å²) in [5.41, 5.74) is 12.8. The third-order valence-electron chi connectivity index (χ3n) is 6.72. The first-order valence-electron chi connectivity index (χ1n) is 11.6. The maximum atomic E-state index is 13.2. The van der Waals surface area contributed by atoms with E-state index >= 15 is 0 Å². The second-order valence-electron chi connectivity index (χ2n) is 8.44. The highest BCUT2D eigenvalue weighted by Gasteiger charge is 2.24. The molecular formula is C29H36O. The number of allylic oxidation sites excluding steroid dienone is 2. The third kappa shape index (κ3) is 4.21. The Labute approximate surface area is 182 Å². The van der Waals surface area contributed by atoms with Crippen LogP contribution in [0.5, 0.6) is 0 Å². The Morgan fingerprint density at radius 1 is 0.633 bits per heavy atom. The van der Waals surface area contributed by atoms with Crippen LogP contribution >= 0.6 is 0 Å². The summed E-state index contributed by atoms with van der Waals surface area (Å²) in [7, 11) is 0. The van der Waals surface area contributed by atoms with E-state index in [0.29, 0.717) is 0 Å². The lowest BCUT2D eigenvalue weighted by Crippen LogP contribution is -2.01. The van der Waals surface area contributed by atoms with Gasteiger partial charge in [0.2, 0.25) is 0 Å². The largest absolute Gasteiger partial charge is 0.289 e. The Balaban J connectivity index is 1.98. The molecule has 1 fully saturated rings. The zero-order valence-corrected chi connectivity index (χ0v) is 19.6. The van der Waals surface area contributed by atoms with Gasteiger partial charge in [-0.2, -0.15) is 0 Å². The van der Waals surface area contributed by atoms with Gasteiger partial charge in [0.1, 0.15) is 0 Å². The van der Waals surface area contributed by atoms with E-state index in [4.69, 9.17) is 0 Å². The summed E-state index contributed by atoms with van der Waals surface area (Å²) in [6.45, 7) is 13.2. The average molecular weight is 401 g/mol. The molecule has 30 heavy (non-hydrogen) atoms. The highest BCUT2D eigenvalue weighted by molar-refractivity contribution is 6.15. The minimum atomic E-state index is 0.233. The van der Waals surface area contributed by atoms with Crippen molar-refractivity contribution in [1.29, 1.82) is 0 Å². The number of aryl methyl sites for hydroxylation is 2. The van der Waals surface area contributed by atoms with Crippen LogP contribution < -0.4 is 0 Å². The van der Waals surface area contributed by atoms with Crippen molar-refractivity contribution in [2.75, 3.05) is 0 Å². The molecule has 1 aliphatic carbocycles. The predicted molar refractivity (Wildman–Crippen MR) is 130 cm³/mol.